The zero-order valence-corrected chi connectivity index (χ0v) is 14.6. The van der Waals surface area contributed by atoms with Crippen molar-refractivity contribution >= 4 is 23.0 Å². The normalized spacial score (nSPS) is 15.5. The van der Waals surface area contributed by atoms with Crippen molar-refractivity contribution < 1.29 is 0 Å². The molecule has 2 heterocycles. The molecule has 1 aromatic carbocycles. The molecule has 0 saturated heterocycles. The highest BCUT2D eigenvalue weighted by molar-refractivity contribution is 7.10. The van der Waals surface area contributed by atoms with Crippen LogP contribution in [-0.2, 0) is 13.0 Å². The van der Waals surface area contributed by atoms with Gasteiger partial charge in [0.2, 0.25) is 0 Å². The van der Waals surface area contributed by atoms with Crippen molar-refractivity contribution in [3.05, 3.63) is 51.2 Å². The second kappa shape index (κ2) is 7.15. The number of aryl methyl sites for hydroxylation is 2. The van der Waals surface area contributed by atoms with Crippen molar-refractivity contribution in [3.8, 4) is 0 Å². The number of aliphatic imine (C=N–C) groups is 1. The number of guanidine groups is 1. The summed E-state index contributed by atoms with van der Waals surface area (Å²) in [5.74, 6) is 0.487. The first-order valence-electron chi connectivity index (χ1n) is 8.03. The molecule has 0 atom stereocenters. The van der Waals surface area contributed by atoms with E-state index in [1.54, 1.807) is 4.88 Å². The number of fused-ring (bicyclic) bond motifs is 1. The summed E-state index contributed by atoms with van der Waals surface area (Å²) in [6.45, 7) is 8.04. The molecule has 5 heteroatoms. The Morgan fingerprint density at radius 2 is 2.17 bits per heavy atom. The van der Waals surface area contributed by atoms with Crippen LogP contribution < -0.4 is 11.1 Å². The number of hydrogen-bond donors (Lipinski definition) is 2. The molecule has 122 valence electrons. The number of nitrogens with one attached hydrogen (secondary N) is 1. The van der Waals surface area contributed by atoms with E-state index in [-0.39, 0.29) is 0 Å². The molecule has 0 bridgehead atoms. The summed E-state index contributed by atoms with van der Waals surface area (Å²) in [7, 11) is 0. The lowest BCUT2D eigenvalue weighted by atomic mass is 10.1. The molecule has 0 unspecified atom stereocenters. The van der Waals surface area contributed by atoms with E-state index >= 15 is 0 Å². The highest BCUT2D eigenvalue weighted by atomic mass is 32.1. The molecule has 0 aliphatic carbocycles. The van der Waals surface area contributed by atoms with Crippen molar-refractivity contribution in [2.24, 2.45) is 10.7 Å². The first kappa shape index (κ1) is 16.0. The van der Waals surface area contributed by atoms with Gasteiger partial charge in [0.05, 0.1) is 6.54 Å². The minimum absolute atomic E-state index is 0.487. The molecule has 1 aliphatic rings. The number of nitrogens with zero attached hydrogens (tertiary/aromatic N) is 2. The van der Waals surface area contributed by atoms with Crippen molar-refractivity contribution in [3.63, 3.8) is 0 Å². The maximum absolute atomic E-state index is 5.99. The largest absolute Gasteiger partial charge is 0.370 e. The van der Waals surface area contributed by atoms with Crippen LogP contribution in [0, 0.1) is 13.8 Å². The Bertz CT molecular complexity index is 705. The molecule has 3 N–H and O–H groups in total. The second-order valence-electron chi connectivity index (χ2n) is 6.09. The highest BCUT2D eigenvalue weighted by Crippen LogP contribution is 2.23. The fraction of sp³-hybridized carbons (Fsp3) is 0.389. The van der Waals surface area contributed by atoms with E-state index in [0.717, 1.165) is 38.3 Å². The fourth-order valence-electron chi connectivity index (χ4n) is 2.82. The average Bonchev–Trinajstić information content (AvgIpc) is 2.98. The molecule has 1 aliphatic heterocycles. The van der Waals surface area contributed by atoms with Crippen LogP contribution in [0.25, 0.3) is 0 Å². The lowest BCUT2D eigenvalue weighted by molar-refractivity contribution is 0.264. The van der Waals surface area contributed by atoms with Gasteiger partial charge in [-0.2, -0.15) is 0 Å². The molecule has 0 radical (unpaired) electrons. The molecule has 0 spiro atoms. The number of nitrogens with two attached hydrogens (primary N) is 1. The lowest BCUT2D eigenvalue weighted by Gasteiger charge is -2.26. The van der Waals surface area contributed by atoms with Gasteiger partial charge in [0.25, 0.3) is 0 Å². The SMILES string of the molecule is Cc1ccc(NC(N)=NCCN2CCc3sccc3C2)cc1C. The smallest absolute Gasteiger partial charge is 0.193 e. The highest BCUT2D eigenvalue weighted by Gasteiger charge is 2.16. The van der Waals surface area contributed by atoms with Crippen LogP contribution in [0.3, 0.4) is 0 Å². The van der Waals surface area contributed by atoms with Crippen molar-refractivity contribution in [1.82, 2.24) is 4.90 Å². The monoisotopic (exact) mass is 328 g/mol. The maximum Gasteiger partial charge on any atom is 0.193 e. The number of hydrogen-bond acceptors (Lipinski definition) is 3. The van der Waals surface area contributed by atoms with E-state index in [1.165, 1.54) is 16.7 Å². The minimum atomic E-state index is 0.487. The Labute approximate surface area is 142 Å². The predicted molar refractivity (Wildman–Crippen MR) is 99.3 cm³/mol. The van der Waals surface area contributed by atoms with E-state index in [0.29, 0.717) is 5.96 Å². The number of rotatable bonds is 4. The van der Waals surface area contributed by atoms with Gasteiger partial charge in [0, 0.05) is 30.2 Å². The first-order chi connectivity index (χ1) is 11.1. The van der Waals surface area contributed by atoms with Crippen LogP contribution in [0.2, 0.25) is 0 Å². The quantitative estimate of drug-likeness (QED) is 0.669. The van der Waals surface area contributed by atoms with Gasteiger partial charge < -0.3 is 11.1 Å². The zero-order valence-electron chi connectivity index (χ0n) is 13.8. The lowest BCUT2D eigenvalue weighted by Crippen LogP contribution is -2.32. The molecule has 0 saturated carbocycles. The molecular formula is C18H24N4S. The Hall–Kier alpha value is -1.85. The van der Waals surface area contributed by atoms with Gasteiger partial charge in [-0.1, -0.05) is 6.07 Å². The van der Waals surface area contributed by atoms with Crippen molar-refractivity contribution in [2.45, 2.75) is 26.8 Å². The van der Waals surface area contributed by atoms with Crippen LogP contribution in [0.4, 0.5) is 5.69 Å². The fourth-order valence-corrected chi connectivity index (χ4v) is 3.71. The summed E-state index contributed by atoms with van der Waals surface area (Å²) in [5.41, 5.74) is 11.0. The summed E-state index contributed by atoms with van der Waals surface area (Å²) in [6, 6.07) is 8.47. The molecule has 0 fully saturated rings. The van der Waals surface area contributed by atoms with Crippen LogP contribution >= 0.6 is 11.3 Å². The number of thiophene rings is 1. The summed E-state index contributed by atoms with van der Waals surface area (Å²) >= 11 is 1.88. The van der Waals surface area contributed by atoms with E-state index < -0.39 is 0 Å². The van der Waals surface area contributed by atoms with Gasteiger partial charge in [-0.3, -0.25) is 9.89 Å². The molecule has 2 aromatic rings. The Balaban J connectivity index is 1.49. The maximum atomic E-state index is 5.99. The van der Waals surface area contributed by atoms with Gasteiger partial charge >= 0.3 is 0 Å². The van der Waals surface area contributed by atoms with E-state index in [1.807, 2.05) is 17.4 Å². The van der Waals surface area contributed by atoms with E-state index in [2.05, 4.69) is 52.6 Å². The molecule has 4 nitrogen and oxygen atoms in total. The summed E-state index contributed by atoms with van der Waals surface area (Å²) in [5, 5.41) is 5.36. The van der Waals surface area contributed by atoms with Gasteiger partial charge in [0.15, 0.2) is 5.96 Å². The van der Waals surface area contributed by atoms with Gasteiger partial charge in [-0.25, -0.2) is 0 Å². The third-order valence-electron chi connectivity index (χ3n) is 4.36. The van der Waals surface area contributed by atoms with Crippen molar-refractivity contribution in [2.75, 3.05) is 25.0 Å². The first-order valence-corrected chi connectivity index (χ1v) is 8.91. The van der Waals surface area contributed by atoms with E-state index in [4.69, 9.17) is 5.73 Å². The van der Waals surface area contributed by atoms with Crippen molar-refractivity contribution in [1.29, 1.82) is 0 Å². The van der Waals surface area contributed by atoms with Crippen LogP contribution in [0.1, 0.15) is 21.6 Å². The summed E-state index contributed by atoms with van der Waals surface area (Å²) in [6.07, 6.45) is 1.16. The van der Waals surface area contributed by atoms with Crippen LogP contribution in [-0.4, -0.2) is 30.5 Å². The van der Waals surface area contributed by atoms with Gasteiger partial charge in [-0.05, 0) is 60.5 Å². The van der Waals surface area contributed by atoms with Gasteiger partial charge in [0.1, 0.15) is 0 Å². The molecule has 1 aromatic heterocycles. The Morgan fingerprint density at radius 1 is 1.30 bits per heavy atom. The standard InChI is InChI=1S/C18H24N4S/c1-13-3-4-16(11-14(13)2)21-18(19)20-7-9-22-8-5-17-15(12-22)6-10-23-17/h3-4,6,10-11H,5,7-9,12H2,1-2H3,(H3,19,20,21). The summed E-state index contributed by atoms with van der Waals surface area (Å²) in [4.78, 5) is 8.44. The predicted octanol–water partition coefficient (Wildman–Crippen LogP) is 3.15. The molecule has 0 amide bonds. The number of benzene rings is 1. The second-order valence-corrected chi connectivity index (χ2v) is 7.09. The topological polar surface area (TPSA) is 53.6 Å². The summed E-state index contributed by atoms with van der Waals surface area (Å²) < 4.78 is 0. The molecule has 23 heavy (non-hydrogen) atoms. The molecular weight excluding hydrogens is 304 g/mol. The van der Waals surface area contributed by atoms with E-state index in [9.17, 15) is 0 Å². The minimum Gasteiger partial charge on any atom is -0.370 e. The number of anilines is 1. The van der Waals surface area contributed by atoms with Gasteiger partial charge in [-0.15, -0.1) is 11.3 Å². The van der Waals surface area contributed by atoms with Crippen LogP contribution in [0.5, 0.6) is 0 Å². The average molecular weight is 328 g/mol. The third-order valence-corrected chi connectivity index (χ3v) is 5.39. The Kier molecular flexibility index (Phi) is 4.98. The Morgan fingerprint density at radius 3 is 3.00 bits per heavy atom. The third kappa shape index (κ3) is 4.12. The zero-order chi connectivity index (χ0) is 16.2. The van der Waals surface area contributed by atoms with Crippen LogP contribution in [0.15, 0.2) is 34.6 Å². The molecule has 3 rings (SSSR count).